The number of nitrogens with one attached hydrogen (secondary N) is 1. The third-order valence-corrected chi connectivity index (χ3v) is 2.57. The van der Waals surface area contributed by atoms with Crippen molar-refractivity contribution in [3.63, 3.8) is 0 Å². The molecule has 2 aromatic rings. The van der Waals surface area contributed by atoms with E-state index in [0.29, 0.717) is 18.2 Å². The first-order valence-corrected chi connectivity index (χ1v) is 6.69. The molecule has 0 spiro atoms. The molecule has 0 aliphatic carbocycles. The van der Waals surface area contributed by atoms with Gasteiger partial charge in [0, 0.05) is 5.69 Å². The van der Waals surface area contributed by atoms with Gasteiger partial charge in [0.15, 0.2) is 0 Å². The number of carboxylic acid groups (broad SMARTS) is 1. The van der Waals surface area contributed by atoms with Crippen LogP contribution in [0.25, 0.3) is 0 Å². The number of anilines is 2. The average molecular weight is 290 g/mol. The quantitative estimate of drug-likeness (QED) is 0.815. The van der Waals surface area contributed by atoms with Crippen molar-refractivity contribution in [1.29, 1.82) is 0 Å². The summed E-state index contributed by atoms with van der Waals surface area (Å²) in [6.45, 7) is 4.85. The maximum atomic E-state index is 10.6. The molecule has 0 bridgehead atoms. The summed E-state index contributed by atoms with van der Waals surface area (Å²) in [5.41, 5.74) is 1.16. The number of nitrogens with zero attached hydrogens (tertiary/aromatic N) is 1. The van der Waals surface area contributed by atoms with Crippen LogP contribution in [-0.2, 0) is 11.2 Å². The summed E-state index contributed by atoms with van der Waals surface area (Å²) in [4.78, 5) is 14.6. The molecular formula is C15H18N2O4. The van der Waals surface area contributed by atoms with Crippen LogP contribution in [0.5, 0.6) is 5.75 Å². The Morgan fingerprint density at radius 1 is 1.38 bits per heavy atom. The number of ether oxygens (including phenoxy) is 1. The van der Waals surface area contributed by atoms with E-state index in [0.717, 1.165) is 11.4 Å². The molecule has 0 aliphatic rings. The maximum Gasteiger partial charge on any atom is 0.309 e. The van der Waals surface area contributed by atoms with Crippen LogP contribution in [0.15, 0.2) is 34.9 Å². The minimum atomic E-state index is -0.943. The molecule has 21 heavy (non-hydrogen) atoms. The zero-order valence-corrected chi connectivity index (χ0v) is 12.0. The van der Waals surface area contributed by atoms with Gasteiger partial charge in [0.2, 0.25) is 0 Å². The fourth-order valence-electron chi connectivity index (χ4n) is 1.62. The lowest BCUT2D eigenvalue weighted by Gasteiger charge is -2.09. The van der Waals surface area contributed by atoms with Gasteiger partial charge in [-0.25, -0.2) is 0 Å². The van der Waals surface area contributed by atoms with Crippen molar-refractivity contribution < 1.29 is 19.1 Å². The van der Waals surface area contributed by atoms with Crippen LogP contribution in [0.3, 0.4) is 0 Å². The van der Waals surface area contributed by atoms with Crippen molar-refractivity contribution >= 4 is 17.7 Å². The molecule has 1 aromatic heterocycles. The maximum absolute atomic E-state index is 10.6. The highest BCUT2D eigenvalue weighted by Gasteiger charge is 2.08. The highest BCUT2D eigenvalue weighted by molar-refractivity contribution is 5.69. The van der Waals surface area contributed by atoms with Crippen LogP contribution in [-0.4, -0.2) is 22.7 Å². The van der Waals surface area contributed by atoms with Crippen LogP contribution in [0.1, 0.15) is 19.5 Å². The molecule has 0 unspecified atom stereocenters. The predicted octanol–water partition coefficient (Wildman–Crippen LogP) is 3.08. The summed E-state index contributed by atoms with van der Waals surface area (Å²) in [6, 6.07) is 7.66. The predicted molar refractivity (Wildman–Crippen MR) is 77.9 cm³/mol. The zero-order valence-electron chi connectivity index (χ0n) is 12.0. The molecule has 1 aromatic carbocycles. The molecule has 2 N–H and O–H groups in total. The Balaban J connectivity index is 1.93. The lowest BCUT2D eigenvalue weighted by atomic mass is 10.2. The Kier molecular flexibility index (Phi) is 4.81. The van der Waals surface area contributed by atoms with E-state index in [1.54, 1.807) is 0 Å². The average Bonchev–Trinajstić information content (AvgIpc) is 2.84. The molecule has 6 nitrogen and oxygen atoms in total. The Morgan fingerprint density at radius 2 is 2.10 bits per heavy atom. The first-order valence-electron chi connectivity index (χ1n) is 6.69. The Bertz CT molecular complexity index is 590. The molecule has 0 fully saturated rings. The summed E-state index contributed by atoms with van der Waals surface area (Å²) in [7, 11) is 0. The van der Waals surface area contributed by atoms with Crippen molar-refractivity contribution in [1.82, 2.24) is 4.98 Å². The second-order valence-corrected chi connectivity index (χ2v) is 5.07. The summed E-state index contributed by atoms with van der Waals surface area (Å²) in [6.07, 6.45) is 1.17. The first kappa shape index (κ1) is 14.9. The van der Waals surface area contributed by atoms with E-state index in [-0.39, 0.29) is 12.4 Å². The number of carboxylic acids is 1. The number of benzene rings is 1. The number of oxazole rings is 1. The van der Waals surface area contributed by atoms with Crippen molar-refractivity contribution in [2.45, 2.75) is 20.3 Å². The van der Waals surface area contributed by atoms with E-state index in [1.165, 1.54) is 6.26 Å². The van der Waals surface area contributed by atoms with E-state index in [9.17, 15) is 4.79 Å². The minimum absolute atomic E-state index is 0.160. The van der Waals surface area contributed by atoms with Gasteiger partial charge in [0.1, 0.15) is 12.0 Å². The molecule has 0 saturated carbocycles. The monoisotopic (exact) mass is 290 g/mol. The highest BCUT2D eigenvalue weighted by atomic mass is 16.5. The van der Waals surface area contributed by atoms with Crippen LogP contribution in [0.4, 0.5) is 11.7 Å². The number of aliphatic carboxylic acids is 1. The molecule has 0 aliphatic heterocycles. The molecule has 6 heteroatoms. The molecule has 112 valence electrons. The molecule has 2 rings (SSSR count). The van der Waals surface area contributed by atoms with Crippen molar-refractivity contribution in [2.75, 3.05) is 11.9 Å². The number of aromatic nitrogens is 1. The number of hydrogen-bond donors (Lipinski definition) is 2. The SMILES string of the molecule is CC(C)COc1ccc(Nc2nc(CC(=O)O)co2)cc1. The smallest absolute Gasteiger partial charge is 0.309 e. The van der Waals surface area contributed by atoms with E-state index < -0.39 is 5.97 Å². The van der Waals surface area contributed by atoms with Gasteiger partial charge in [-0.05, 0) is 30.2 Å². The zero-order chi connectivity index (χ0) is 15.2. The molecule has 1 heterocycles. The largest absolute Gasteiger partial charge is 0.493 e. The van der Waals surface area contributed by atoms with Gasteiger partial charge in [-0.1, -0.05) is 13.8 Å². The lowest BCUT2D eigenvalue weighted by molar-refractivity contribution is -0.136. The fourth-order valence-corrected chi connectivity index (χ4v) is 1.62. The third kappa shape index (κ3) is 4.83. The van der Waals surface area contributed by atoms with E-state index in [2.05, 4.69) is 24.1 Å². The van der Waals surface area contributed by atoms with Gasteiger partial charge < -0.3 is 19.6 Å². The highest BCUT2D eigenvalue weighted by Crippen LogP contribution is 2.20. The van der Waals surface area contributed by atoms with Gasteiger partial charge in [0.05, 0.1) is 18.7 Å². The molecular weight excluding hydrogens is 272 g/mol. The van der Waals surface area contributed by atoms with Crippen molar-refractivity contribution in [2.24, 2.45) is 5.92 Å². The topological polar surface area (TPSA) is 84.6 Å². The van der Waals surface area contributed by atoms with Gasteiger partial charge in [0.25, 0.3) is 6.01 Å². The fraction of sp³-hybridized carbons (Fsp3) is 0.333. The summed E-state index contributed by atoms with van der Waals surface area (Å²) in [5, 5.41) is 11.6. The van der Waals surface area contributed by atoms with E-state index in [4.69, 9.17) is 14.3 Å². The van der Waals surface area contributed by atoms with Crippen LogP contribution < -0.4 is 10.1 Å². The summed E-state index contributed by atoms with van der Waals surface area (Å²) < 4.78 is 10.8. The van der Waals surface area contributed by atoms with Gasteiger partial charge in [-0.15, -0.1) is 0 Å². The number of carbonyl (C=O) groups is 1. The second-order valence-electron chi connectivity index (χ2n) is 5.07. The number of hydrogen-bond acceptors (Lipinski definition) is 5. The summed E-state index contributed by atoms with van der Waals surface area (Å²) >= 11 is 0. The molecule has 0 atom stereocenters. The van der Waals surface area contributed by atoms with Crippen LogP contribution in [0, 0.1) is 5.92 Å². The number of rotatable bonds is 7. The van der Waals surface area contributed by atoms with Gasteiger partial charge in [-0.2, -0.15) is 4.98 Å². The Hall–Kier alpha value is -2.50. The van der Waals surface area contributed by atoms with Crippen molar-refractivity contribution in [3.05, 3.63) is 36.2 Å². The van der Waals surface area contributed by atoms with Gasteiger partial charge >= 0.3 is 5.97 Å². The summed E-state index contributed by atoms with van der Waals surface area (Å²) in [5.74, 6) is 0.331. The van der Waals surface area contributed by atoms with E-state index >= 15 is 0 Å². The van der Waals surface area contributed by atoms with E-state index in [1.807, 2.05) is 24.3 Å². The van der Waals surface area contributed by atoms with Crippen LogP contribution in [0.2, 0.25) is 0 Å². The van der Waals surface area contributed by atoms with Gasteiger partial charge in [-0.3, -0.25) is 4.79 Å². The second kappa shape index (κ2) is 6.78. The minimum Gasteiger partial charge on any atom is -0.493 e. The third-order valence-electron chi connectivity index (χ3n) is 2.57. The lowest BCUT2D eigenvalue weighted by Crippen LogP contribution is -2.04. The van der Waals surface area contributed by atoms with Crippen molar-refractivity contribution in [3.8, 4) is 5.75 Å². The Labute approximate surface area is 122 Å². The standard InChI is InChI=1S/C15H18N2O4/c1-10(2)8-20-13-5-3-11(4-6-13)16-15-17-12(9-21-15)7-14(18)19/h3-6,9-10H,7-8H2,1-2H3,(H,16,17)(H,18,19). The molecule has 0 radical (unpaired) electrons. The molecule has 0 amide bonds. The Morgan fingerprint density at radius 3 is 2.71 bits per heavy atom. The molecule has 0 saturated heterocycles. The normalized spacial score (nSPS) is 10.6. The van der Waals surface area contributed by atoms with Crippen LogP contribution >= 0.6 is 0 Å². The first-order chi connectivity index (χ1) is 10.0.